The molecule has 0 aromatic rings. The van der Waals surface area contributed by atoms with Gasteiger partial charge in [-0.15, -0.1) is 0 Å². The van der Waals surface area contributed by atoms with E-state index in [0.717, 1.165) is 32.1 Å². The van der Waals surface area contributed by atoms with Gasteiger partial charge in [0.25, 0.3) is 0 Å². The fraction of sp³-hybridized carbons (Fsp3) is 0.812. The summed E-state index contributed by atoms with van der Waals surface area (Å²) in [4.78, 5) is 11.6. The predicted molar refractivity (Wildman–Crippen MR) is 74.6 cm³/mol. The summed E-state index contributed by atoms with van der Waals surface area (Å²) in [5.74, 6) is 0.119. The lowest BCUT2D eigenvalue weighted by Gasteiger charge is -2.54. The smallest absolute Gasteiger partial charge is 0.333 e. The van der Waals surface area contributed by atoms with Crippen LogP contribution in [0.5, 0.6) is 0 Å². The van der Waals surface area contributed by atoms with Crippen LogP contribution in [0.1, 0.15) is 52.4 Å². The van der Waals surface area contributed by atoms with Crippen LogP contribution in [0.15, 0.2) is 12.2 Å². The lowest BCUT2D eigenvalue weighted by Crippen LogP contribution is -2.51. The number of hydrogen-bond donors (Lipinski definition) is 1. The third kappa shape index (κ3) is 2.58. The van der Waals surface area contributed by atoms with E-state index in [1.54, 1.807) is 0 Å². The van der Waals surface area contributed by atoms with Gasteiger partial charge in [0.2, 0.25) is 0 Å². The van der Waals surface area contributed by atoms with Gasteiger partial charge in [-0.05, 0) is 56.3 Å². The minimum atomic E-state index is -0.609. The predicted octanol–water partition coefficient (Wildman–Crippen LogP) is 3.07. The average Bonchev–Trinajstić information content (AvgIpc) is 2.36. The molecule has 0 amide bonds. The zero-order valence-electron chi connectivity index (χ0n) is 12.4. The van der Waals surface area contributed by atoms with E-state index in [1.165, 1.54) is 13.5 Å². The van der Waals surface area contributed by atoms with Crippen LogP contribution in [0.3, 0.4) is 0 Å². The Morgan fingerprint density at radius 2 is 2.00 bits per heavy atom. The molecule has 0 radical (unpaired) electrons. The van der Waals surface area contributed by atoms with E-state index in [0.29, 0.717) is 5.57 Å². The van der Waals surface area contributed by atoms with Crippen molar-refractivity contribution in [1.82, 2.24) is 0 Å². The van der Waals surface area contributed by atoms with Crippen molar-refractivity contribution in [1.29, 1.82) is 0 Å². The minimum Gasteiger partial charge on any atom is -0.466 e. The summed E-state index contributed by atoms with van der Waals surface area (Å²) >= 11 is 0. The molecule has 0 aromatic carbocycles. The third-order valence-electron chi connectivity index (χ3n) is 5.55. The van der Waals surface area contributed by atoms with Crippen molar-refractivity contribution in [3.05, 3.63) is 12.2 Å². The summed E-state index contributed by atoms with van der Waals surface area (Å²) in [5, 5.41) is 10.7. The SMILES string of the molecule is C=C(C(=O)OC)[C@H]1CC[C@@]2(C)CCC[C@@](C)(O)[C@H]2C1. The number of methoxy groups -OCH3 is 1. The Bertz CT molecular complexity index is 385. The van der Waals surface area contributed by atoms with Crippen LogP contribution < -0.4 is 0 Å². The van der Waals surface area contributed by atoms with Crippen LogP contribution in [0.2, 0.25) is 0 Å². The topological polar surface area (TPSA) is 46.5 Å². The molecule has 2 aliphatic carbocycles. The molecule has 0 aliphatic heterocycles. The Balaban J connectivity index is 2.16. The molecule has 3 nitrogen and oxygen atoms in total. The maximum atomic E-state index is 11.6. The minimum absolute atomic E-state index is 0.162. The standard InChI is InChI=1S/C16H26O3/c1-11(14(17)19-4)12-6-9-15(2)7-5-8-16(3,18)13(15)10-12/h12-13,18H,1,5-10H2,2-4H3/t12-,13-,15+,16+/m0/s1. The van der Waals surface area contributed by atoms with Gasteiger partial charge in [-0.2, -0.15) is 0 Å². The monoisotopic (exact) mass is 266 g/mol. The Morgan fingerprint density at radius 1 is 1.32 bits per heavy atom. The Labute approximate surface area is 116 Å². The summed E-state index contributed by atoms with van der Waals surface area (Å²) in [6.07, 6.45) is 6.06. The van der Waals surface area contributed by atoms with Crippen LogP contribution in [0, 0.1) is 17.3 Å². The number of fused-ring (bicyclic) bond motifs is 1. The second-order valence-corrected chi connectivity index (χ2v) is 6.91. The van der Waals surface area contributed by atoms with Gasteiger partial charge in [-0.3, -0.25) is 0 Å². The molecule has 0 spiro atoms. The van der Waals surface area contributed by atoms with Crippen LogP contribution in [0.25, 0.3) is 0 Å². The fourth-order valence-electron chi connectivity index (χ4n) is 4.31. The Hall–Kier alpha value is -0.830. The second kappa shape index (κ2) is 4.93. The van der Waals surface area contributed by atoms with Gasteiger partial charge < -0.3 is 9.84 Å². The first kappa shape index (κ1) is 14.6. The van der Waals surface area contributed by atoms with E-state index in [2.05, 4.69) is 13.5 Å². The number of esters is 1. The van der Waals surface area contributed by atoms with Crippen LogP contribution in [-0.4, -0.2) is 23.8 Å². The van der Waals surface area contributed by atoms with E-state index < -0.39 is 5.60 Å². The fourth-order valence-corrected chi connectivity index (χ4v) is 4.31. The first-order valence-corrected chi connectivity index (χ1v) is 7.30. The first-order chi connectivity index (χ1) is 8.80. The van der Waals surface area contributed by atoms with Crippen molar-refractivity contribution in [3.63, 3.8) is 0 Å². The molecule has 0 bridgehead atoms. The maximum Gasteiger partial charge on any atom is 0.333 e. The molecular formula is C16H26O3. The normalized spacial score (nSPS) is 42.3. The highest BCUT2D eigenvalue weighted by Crippen LogP contribution is 2.56. The van der Waals surface area contributed by atoms with Gasteiger partial charge in [0.15, 0.2) is 0 Å². The van der Waals surface area contributed by atoms with Crippen molar-refractivity contribution >= 4 is 5.97 Å². The third-order valence-corrected chi connectivity index (χ3v) is 5.55. The zero-order valence-corrected chi connectivity index (χ0v) is 12.4. The largest absolute Gasteiger partial charge is 0.466 e. The van der Waals surface area contributed by atoms with Crippen molar-refractivity contribution < 1.29 is 14.6 Å². The van der Waals surface area contributed by atoms with Crippen molar-refractivity contribution in [2.45, 2.75) is 58.0 Å². The highest BCUT2D eigenvalue weighted by molar-refractivity contribution is 5.88. The molecule has 0 aromatic heterocycles. The Morgan fingerprint density at radius 3 is 2.63 bits per heavy atom. The van der Waals surface area contributed by atoms with Gasteiger partial charge >= 0.3 is 5.97 Å². The van der Waals surface area contributed by atoms with E-state index in [1.807, 2.05) is 6.92 Å². The molecule has 1 N–H and O–H groups in total. The van der Waals surface area contributed by atoms with Crippen LogP contribution >= 0.6 is 0 Å². The molecule has 2 aliphatic rings. The lowest BCUT2D eigenvalue weighted by molar-refractivity contribution is -0.140. The summed E-state index contributed by atoms with van der Waals surface area (Å²) in [6, 6.07) is 0. The first-order valence-electron chi connectivity index (χ1n) is 7.30. The molecule has 4 atom stereocenters. The van der Waals surface area contributed by atoms with Gasteiger partial charge in [0.05, 0.1) is 12.7 Å². The molecule has 2 rings (SSSR count). The molecule has 19 heavy (non-hydrogen) atoms. The van der Waals surface area contributed by atoms with Crippen molar-refractivity contribution in [2.75, 3.05) is 7.11 Å². The van der Waals surface area contributed by atoms with Crippen LogP contribution in [0.4, 0.5) is 0 Å². The van der Waals surface area contributed by atoms with E-state index in [4.69, 9.17) is 4.74 Å². The van der Waals surface area contributed by atoms with Crippen molar-refractivity contribution in [2.24, 2.45) is 17.3 Å². The number of carbonyl (C=O) groups excluding carboxylic acids is 1. The van der Waals surface area contributed by atoms with E-state index in [-0.39, 0.29) is 23.2 Å². The highest BCUT2D eigenvalue weighted by Gasteiger charge is 2.51. The average molecular weight is 266 g/mol. The molecule has 2 fully saturated rings. The number of carbonyl (C=O) groups is 1. The van der Waals surface area contributed by atoms with E-state index in [9.17, 15) is 9.90 Å². The molecule has 3 heteroatoms. The van der Waals surface area contributed by atoms with Gasteiger partial charge in [0.1, 0.15) is 0 Å². The quantitative estimate of drug-likeness (QED) is 0.617. The number of rotatable bonds is 2. The molecule has 108 valence electrons. The molecule has 0 heterocycles. The lowest BCUT2D eigenvalue weighted by atomic mass is 9.53. The summed E-state index contributed by atoms with van der Waals surface area (Å²) in [5.41, 5.74) is 0.183. The zero-order chi connectivity index (χ0) is 14.3. The van der Waals surface area contributed by atoms with Crippen LogP contribution in [-0.2, 0) is 9.53 Å². The molecule has 0 saturated heterocycles. The number of ether oxygens (including phenoxy) is 1. The highest BCUT2D eigenvalue weighted by atomic mass is 16.5. The molecular weight excluding hydrogens is 240 g/mol. The summed E-state index contributed by atoms with van der Waals surface area (Å²) in [7, 11) is 1.40. The van der Waals surface area contributed by atoms with Gasteiger partial charge in [0, 0.05) is 5.57 Å². The maximum absolute atomic E-state index is 11.6. The van der Waals surface area contributed by atoms with E-state index >= 15 is 0 Å². The molecule has 2 saturated carbocycles. The van der Waals surface area contributed by atoms with Gasteiger partial charge in [-0.1, -0.05) is 19.9 Å². The number of hydrogen-bond acceptors (Lipinski definition) is 3. The second-order valence-electron chi connectivity index (χ2n) is 6.91. The van der Waals surface area contributed by atoms with Crippen molar-refractivity contribution in [3.8, 4) is 0 Å². The summed E-state index contributed by atoms with van der Waals surface area (Å²) < 4.78 is 4.78. The Kier molecular flexibility index (Phi) is 3.78. The molecule has 0 unspecified atom stereocenters. The van der Waals surface area contributed by atoms with Gasteiger partial charge in [-0.25, -0.2) is 4.79 Å². The summed E-state index contributed by atoms with van der Waals surface area (Å²) in [6.45, 7) is 8.15. The number of aliphatic hydroxyl groups is 1.